The zero-order chi connectivity index (χ0) is 24.9. The van der Waals surface area contributed by atoms with Crippen LogP contribution in [0.15, 0.2) is 42.5 Å². The number of nitrogens with zero attached hydrogens (tertiary/aromatic N) is 1. The molecule has 0 spiro atoms. The van der Waals surface area contributed by atoms with Crippen LogP contribution in [-0.2, 0) is 26.0 Å². The molecular weight excluding hydrogens is 495 g/mol. The predicted molar refractivity (Wildman–Crippen MR) is 137 cm³/mol. The van der Waals surface area contributed by atoms with Gasteiger partial charge in [0.05, 0.1) is 18.2 Å². The summed E-state index contributed by atoms with van der Waals surface area (Å²) in [5.74, 6) is -0.0245. The van der Waals surface area contributed by atoms with Crippen LogP contribution in [0.5, 0.6) is 5.75 Å². The van der Waals surface area contributed by atoms with E-state index < -0.39 is 15.9 Å². The Morgan fingerprint density at radius 2 is 1.85 bits per heavy atom. The second-order valence-electron chi connectivity index (χ2n) is 9.60. The average Bonchev–Trinajstić information content (AvgIpc) is 2.78. The number of ether oxygens (including phenoxy) is 1. The third kappa shape index (κ3) is 7.35. The van der Waals surface area contributed by atoms with E-state index in [-0.39, 0.29) is 23.6 Å². The average molecular weight is 528 g/mol. The first kappa shape index (κ1) is 26.8. The first-order valence-electron chi connectivity index (χ1n) is 11.4. The van der Waals surface area contributed by atoms with Crippen molar-refractivity contribution in [3.05, 3.63) is 63.6 Å². The molecule has 1 aliphatic rings. The van der Waals surface area contributed by atoms with E-state index in [1.807, 2.05) is 24.3 Å². The molecule has 6 nitrogen and oxygen atoms in total. The van der Waals surface area contributed by atoms with Crippen LogP contribution in [0.3, 0.4) is 0 Å². The second-order valence-corrected chi connectivity index (χ2v) is 12.4. The molecule has 0 unspecified atom stereocenters. The zero-order valence-corrected chi connectivity index (χ0v) is 22.1. The lowest BCUT2D eigenvalue weighted by molar-refractivity contribution is -0.126. The fourth-order valence-electron chi connectivity index (χ4n) is 3.87. The predicted octanol–water partition coefficient (Wildman–Crippen LogP) is 5.03. The van der Waals surface area contributed by atoms with Crippen LogP contribution >= 0.6 is 23.2 Å². The van der Waals surface area contributed by atoms with Gasteiger partial charge in [0.15, 0.2) is 0 Å². The van der Waals surface area contributed by atoms with Crippen LogP contribution in [0, 0.1) is 5.92 Å². The summed E-state index contributed by atoms with van der Waals surface area (Å²) in [6.07, 6.45) is 1.27. The molecule has 0 aliphatic carbocycles. The first-order valence-corrected chi connectivity index (χ1v) is 13.7. The zero-order valence-electron chi connectivity index (χ0n) is 19.8. The fourth-order valence-corrected chi connectivity index (χ4v) is 6.07. The van der Waals surface area contributed by atoms with Gasteiger partial charge in [-0.15, -0.1) is 0 Å². The van der Waals surface area contributed by atoms with Gasteiger partial charge in [0.25, 0.3) is 0 Å². The highest BCUT2D eigenvalue weighted by atomic mass is 35.5. The number of piperidine rings is 1. The summed E-state index contributed by atoms with van der Waals surface area (Å²) in [7, 11) is -3.61. The van der Waals surface area contributed by atoms with Crippen molar-refractivity contribution in [3.8, 4) is 5.75 Å². The number of carbonyl (C=O) groups excluding carboxylic acids is 1. The maximum atomic E-state index is 12.9. The summed E-state index contributed by atoms with van der Waals surface area (Å²) >= 11 is 12.1. The number of hydrogen-bond donors (Lipinski definition) is 1. The molecule has 9 heteroatoms. The molecule has 1 N–H and O–H groups in total. The number of carbonyl (C=O) groups is 1. The van der Waals surface area contributed by atoms with Crippen molar-refractivity contribution >= 4 is 39.1 Å². The van der Waals surface area contributed by atoms with E-state index in [0.29, 0.717) is 48.1 Å². The molecule has 2 aromatic rings. The molecule has 1 atom stereocenters. The normalized spacial score (nSPS) is 17.4. The van der Waals surface area contributed by atoms with Crippen molar-refractivity contribution in [1.29, 1.82) is 0 Å². The maximum Gasteiger partial charge on any atom is 0.224 e. The first-order chi connectivity index (χ1) is 16.0. The number of halogens is 2. The summed E-state index contributed by atoms with van der Waals surface area (Å²) in [6, 6.07) is 12.7. The number of nitrogens with one attached hydrogen (secondary N) is 1. The van der Waals surface area contributed by atoms with Gasteiger partial charge in [0.2, 0.25) is 15.9 Å². The van der Waals surface area contributed by atoms with Crippen LogP contribution < -0.4 is 10.1 Å². The highest BCUT2D eigenvalue weighted by Crippen LogP contribution is 2.27. The molecular formula is C25H32Cl2N2O4S. The van der Waals surface area contributed by atoms with E-state index in [0.717, 1.165) is 5.75 Å². The van der Waals surface area contributed by atoms with Gasteiger partial charge in [-0.1, -0.05) is 62.2 Å². The Hall–Kier alpha value is -1.80. The highest BCUT2D eigenvalue weighted by Gasteiger charge is 2.32. The minimum Gasteiger partial charge on any atom is -0.492 e. The number of rotatable bonds is 8. The molecule has 1 amide bonds. The van der Waals surface area contributed by atoms with Gasteiger partial charge in [-0.05, 0) is 53.6 Å². The number of hydrogen-bond acceptors (Lipinski definition) is 4. The van der Waals surface area contributed by atoms with E-state index in [2.05, 4.69) is 26.1 Å². The third-order valence-corrected chi connectivity index (χ3v) is 8.27. The lowest BCUT2D eigenvalue weighted by Gasteiger charge is -2.31. The molecule has 0 aromatic heterocycles. The van der Waals surface area contributed by atoms with E-state index in [1.54, 1.807) is 12.1 Å². The SMILES string of the molecule is CC(C)(C)c1ccc(OCCNC(=O)[C@H]2CCCN(S(=O)(=O)Cc3ccc(Cl)cc3Cl)C2)cc1. The van der Waals surface area contributed by atoms with Gasteiger partial charge in [-0.3, -0.25) is 4.79 Å². The van der Waals surface area contributed by atoms with E-state index in [9.17, 15) is 13.2 Å². The van der Waals surface area contributed by atoms with Crippen LogP contribution in [0.25, 0.3) is 0 Å². The van der Waals surface area contributed by atoms with Gasteiger partial charge in [0, 0.05) is 23.1 Å². The van der Waals surface area contributed by atoms with Crippen LogP contribution in [-0.4, -0.2) is 44.9 Å². The molecule has 186 valence electrons. The fraction of sp³-hybridized carbons (Fsp3) is 0.480. The summed E-state index contributed by atoms with van der Waals surface area (Å²) in [5.41, 5.74) is 1.79. The maximum absolute atomic E-state index is 12.9. The summed E-state index contributed by atoms with van der Waals surface area (Å²) < 4.78 is 33.0. The lowest BCUT2D eigenvalue weighted by Crippen LogP contribution is -2.46. The topological polar surface area (TPSA) is 75.7 Å². The molecule has 1 aliphatic heterocycles. The molecule has 0 bridgehead atoms. The van der Waals surface area contributed by atoms with Crippen molar-refractivity contribution in [1.82, 2.24) is 9.62 Å². The molecule has 2 aromatic carbocycles. The van der Waals surface area contributed by atoms with Crippen LogP contribution in [0.1, 0.15) is 44.7 Å². The molecule has 1 saturated heterocycles. The Labute approximate surface area is 212 Å². The smallest absolute Gasteiger partial charge is 0.224 e. The van der Waals surface area contributed by atoms with Crippen molar-refractivity contribution < 1.29 is 17.9 Å². The Morgan fingerprint density at radius 3 is 2.50 bits per heavy atom. The quantitative estimate of drug-likeness (QED) is 0.489. The van der Waals surface area contributed by atoms with Gasteiger partial charge in [-0.2, -0.15) is 0 Å². The van der Waals surface area contributed by atoms with Gasteiger partial charge in [0.1, 0.15) is 12.4 Å². The van der Waals surface area contributed by atoms with Crippen molar-refractivity contribution in [2.24, 2.45) is 5.92 Å². The monoisotopic (exact) mass is 526 g/mol. The van der Waals surface area contributed by atoms with E-state index >= 15 is 0 Å². The van der Waals surface area contributed by atoms with Gasteiger partial charge < -0.3 is 10.1 Å². The summed E-state index contributed by atoms with van der Waals surface area (Å²) in [6.45, 7) is 7.71. The summed E-state index contributed by atoms with van der Waals surface area (Å²) in [4.78, 5) is 12.7. The van der Waals surface area contributed by atoms with Gasteiger partial charge in [-0.25, -0.2) is 12.7 Å². The highest BCUT2D eigenvalue weighted by molar-refractivity contribution is 7.88. The Kier molecular flexibility index (Phi) is 8.90. The van der Waals surface area contributed by atoms with Crippen molar-refractivity contribution in [3.63, 3.8) is 0 Å². The van der Waals surface area contributed by atoms with E-state index in [1.165, 1.54) is 15.9 Å². The van der Waals surface area contributed by atoms with Crippen molar-refractivity contribution in [2.45, 2.75) is 44.8 Å². The second kappa shape index (κ2) is 11.3. The largest absolute Gasteiger partial charge is 0.492 e. The molecule has 0 saturated carbocycles. The molecule has 3 rings (SSSR count). The number of sulfonamides is 1. The third-order valence-electron chi connectivity index (χ3n) is 5.89. The number of amides is 1. The van der Waals surface area contributed by atoms with Crippen LogP contribution in [0.4, 0.5) is 0 Å². The summed E-state index contributed by atoms with van der Waals surface area (Å²) in [5, 5.41) is 3.64. The molecule has 34 heavy (non-hydrogen) atoms. The lowest BCUT2D eigenvalue weighted by atomic mass is 9.87. The molecule has 1 fully saturated rings. The molecule has 0 radical (unpaired) electrons. The van der Waals surface area contributed by atoms with E-state index in [4.69, 9.17) is 27.9 Å². The van der Waals surface area contributed by atoms with Gasteiger partial charge >= 0.3 is 0 Å². The minimum absolute atomic E-state index is 0.0783. The van der Waals surface area contributed by atoms with Crippen molar-refractivity contribution in [2.75, 3.05) is 26.2 Å². The Bertz CT molecular complexity index is 1100. The number of benzene rings is 2. The minimum atomic E-state index is -3.61. The molecule has 1 heterocycles. The standard InChI is InChI=1S/C25H32Cl2N2O4S/c1-25(2,3)20-7-10-22(11-8-20)33-14-12-28-24(30)18-5-4-13-29(16-18)34(31,32)17-19-6-9-21(26)15-23(19)27/h6-11,15,18H,4-5,12-14,16-17H2,1-3H3,(H,28,30)/t18-/m0/s1. The van der Waals surface area contributed by atoms with Crippen LogP contribution in [0.2, 0.25) is 10.0 Å². The Morgan fingerprint density at radius 1 is 1.15 bits per heavy atom. The Balaban J connectivity index is 1.48.